The molecule has 0 heterocycles. The van der Waals surface area contributed by atoms with Crippen molar-refractivity contribution in [3.05, 3.63) is 35.9 Å². The van der Waals surface area contributed by atoms with E-state index in [1.807, 2.05) is 0 Å². The molecule has 0 aliphatic rings. The van der Waals surface area contributed by atoms with Crippen molar-refractivity contribution in [2.45, 2.75) is 0 Å². The zero-order chi connectivity index (χ0) is 8.81. The van der Waals surface area contributed by atoms with E-state index in [0.29, 0.717) is 5.56 Å². The summed E-state index contributed by atoms with van der Waals surface area (Å²) in [5.41, 5.74) is 0.333. The van der Waals surface area contributed by atoms with E-state index in [0.717, 1.165) is 0 Å². The molecule has 0 aliphatic carbocycles. The lowest BCUT2D eigenvalue weighted by Gasteiger charge is -1.96. The van der Waals surface area contributed by atoms with E-state index in [9.17, 15) is 9.59 Å². The minimum atomic E-state index is -0.692. The van der Waals surface area contributed by atoms with Gasteiger partial charge in [0.15, 0.2) is 0 Å². The van der Waals surface area contributed by atoms with Crippen molar-refractivity contribution in [2.24, 2.45) is 0 Å². The van der Waals surface area contributed by atoms with Crippen LogP contribution in [0.4, 0.5) is 0 Å². The second-order valence-electron chi connectivity index (χ2n) is 1.93. The molecule has 0 aliphatic heterocycles. The van der Waals surface area contributed by atoms with Gasteiger partial charge in [0.05, 0.1) is 5.56 Å². The molecule has 0 radical (unpaired) electrons. The molecule has 0 unspecified atom stereocenters. The van der Waals surface area contributed by atoms with Crippen LogP contribution in [0.3, 0.4) is 0 Å². The monoisotopic (exact) mass is 166 g/mol. The number of carbonyl (C=O) groups excluding carboxylic acids is 2. The molecule has 0 aromatic heterocycles. The van der Waals surface area contributed by atoms with Crippen molar-refractivity contribution in [1.29, 1.82) is 0 Å². The molecule has 0 spiro atoms. The van der Waals surface area contributed by atoms with Gasteiger partial charge < -0.3 is 0 Å². The standard InChI is InChI=1S/C8H6O4/c9-6-11-12-8(10)7-4-2-1-3-5-7/h1-6H. The fraction of sp³-hybridized carbons (Fsp3) is 0. The normalized spacial score (nSPS) is 8.67. The first-order valence-electron chi connectivity index (χ1n) is 3.21. The molecule has 0 atom stereocenters. The Bertz CT molecular complexity index is 268. The Morgan fingerprint density at radius 2 is 1.92 bits per heavy atom. The first-order valence-corrected chi connectivity index (χ1v) is 3.21. The van der Waals surface area contributed by atoms with Crippen LogP contribution in [0.15, 0.2) is 30.3 Å². The lowest BCUT2D eigenvalue weighted by molar-refractivity contribution is -0.218. The molecule has 0 saturated carbocycles. The lowest BCUT2D eigenvalue weighted by Crippen LogP contribution is -2.04. The SMILES string of the molecule is O=COOC(=O)c1ccccc1. The molecule has 62 valence electrons. The van der Waals surface area contributed by atoms with E-state index in [4.69, 9.17) is 0 Å². The van der Waals surface area contributed by atoms with Crippen LogP contribution >= 0.6 is 0 Å². The highest BCUT2D eigenvalue weighted by molar-refractivity contribution is 5.88. The summed E-state index contributed by atoms with van der Waals surface area (Å²) in [5, 5.41) is 0. The molecule has 0 bridgehead atoms. The Kier molecular flexibility index (Phi) is 2.84. The summed E-state index contributed by atoms with van der Waals surface area (Å²) in [6, 6.07) is 8.22. The minimum absolute atomic E-state index is 0.0425. The van der Waals surface area contributed by atoms with Crippen molar-refractivity contribution < 1.29 is 19.4 Å². The summed E-state index contributed by atoms with van der Waals surface area (Å²) in [4.78, 5) is 28.4. The maximum Gasteiger partial charge on any atom is 0.386 e. The van der Waals surface area contributed by atoms with Crippen molar-refractivity contribution in [3.8, 4) is 0 Å². The second-order valence-corrected chi connectivity index (χ2v) is 1.93. The van der Waals surface area contributed by atoms with E-state index in [1.54, 1.807) is 30.3 Å². The molecular formula is C8H6O4. The molecule has 1 rings (SSSR count). The second kappa shape index (κ2) is 4.12. The fourth-order valence-corrected chi connectivity index (χ4v) is 0.686. The molecule has 1 aromatic rings. The predicted molar refractivity (Wildman–Crippen MR) is 39.0 cm³/mol. The number of rotatable bonds is 3. The number of carbonyl (C=O) groups is 2. The smallest absolute Gasteiger partial charge is 0.251 e. The molecule has 0 saturated heterocycles. The topological polar surface area (TPSA) is 52.6 Å². The third-order valence-corrected chi connectivity index (χ3v) is 1.17. The quantitative estimate of drug-likeness (QED) is 0.381. The van der Waals surface area contributed by atoms with Gasteiger partial charge in [-0.05, 0) is 12.1 Å². The Balaban J connectivity index is 2.59. The number of benzene rings is 1. The van der Waals surface area contributed by atoms with Crippen molar-refractivity contribution in [1.82, 2.24) is 0 Å². The van der Waals surface area contributed by atoms with Crippen molar-refractivity contribution >= 4 is 12.4 Å². The summed E-state index contributed by atoms with van der Waals surface area (Å²) >= 11 is 0. The van der Waals surface area contributed by atoms with Gasteiger partial charge in [0.25, 0.3) is 0 Å². The van der Waals surface area contributed by atoms with Crippen LogP contribution in [0.2, 0.25) is 0 Å². The largest absolute Gasteiger partial charge is 0.386 e. The highest BCUT2D eigenvalue weighted by Crippen LogP contribution is 2.00. The maximum atomic E-state index is 10.9. The predicted octanol–water partition coefficient (Wildman–Crippen LogP) is 0.931. The van der Waals surface area contributed by atoms with E-state index < -0.39 is 5.97 Å². The Labute approximate surface area is 68.6 Å². The Hall–Kier alpha value is -1.84. The van der Waals surface area contributed by atoms with Crippen LogP contribution in [-0.4, -0.2) is 12.4 Å². The van der Waals surface area contributed by atoms with Crippen molar-refractivity contribution in [3.63, 3.8) is 0 Å². The summed E-state index contributed by atoms with van der Waals surface area (Å²) in [6.45, 7) is 0.0425. The third kappa shape index (κ3) is 2.09. The minimum Gasteiger partial charge on any atom is -0.251 e. The van der Waals surface area contributed by atoms with Gasteiger partial charge in [-0.15, -0.1) is 0 Å². The van der Waals surface area contributed by atoms with Crippen LogP contribution in [0, 0.1) is 0 Å². The van der Waals surface area contributed by atoms with E-state index in [-0.39, 0.29) is 6.47 Å². The van der Waals surface area contributed by atoms with Gasteiger partial charge in [0.2, 0.25) is 0 Å². The van der Waals surface area contributed by atoms with Gasteiger partial charge >= 0.3 is 12.4 Å². The van der Waals surface area contributed by atoms with Gasteiger partial charge in [-0.25, -0.2) is 9.68 Å². The maximum absolute atomic E-state index is 10.9. The molecule has 4 nitrogen and oxygen atoms in total. The lowest BCUT2D eigenvalue weighted by atomic mass is 10.2. The average Bonchev–Trinajstić information content (AvgIpc) is 2.15. The van der Waals surface area contributed by atoms with Gasteiger partial charge in [0, 0.05) is 0 Å². The fourth-order valence-electron chi connectivity index (χ4n) is 0.686. The first kappa shape index (κ1) is 8.26. The molecule has 0 amide bonds. The van der Waals surface area contributed by atoms with Gasteiger partial charge in [-0.2, -0.15) is 0 Å². The van der Waals surface area contributed by atoms with E-state index in [1.165, 1.54) is 0 Å². The zero-order valence-electron chi connectivity index (χ0n) is 6.10. The van der Waals surface area contributed by atoms with E-state index in [2.05, 4.69) is 9.78 Å². The number of hydrogen-bond donors (Lipinski definition) is 0. The Morgan fingerprint density at radius 3 is 2.50 bits per heavy atom. The summed E-state index contributed by atoms with van der Waals surface area (Å²) in [7, 11) is 0. The first-order chi connectivity index (χ1) is 5.84. The van der Waals surface area contributed by atoms with Crippen LogP contribution in [-0.2, 0) is 14.6 Å². The summed E-state index contributed by atoms with van der Waals surface area (Å²) < 4.78 is 0. The number of hydrogen-bond acceptors (Lipinski definition) is 4. The highest BCUT2D eigenvalue weighted by Gasteiger charge is 2.06. The molecule has 0 fully saturated rings. The van der Waals surface area contributed by atoms with Gasteiger partial charge in [-0.3, -0.25) is 9.68 Å². The molecule has 12 heavy (non-hydrogen) atoms. The van der Waals surface area contributed by atoms with Gasteiger partial charge in [-0.1, -0.05) is 18.2 Å². The molecule has 0 N–H and O–H groups in total. The molecular weight excluding hydrogens is 160 g/mol. The van der Waals surface area contributed by atoms with Crippen LogP contribution in [0.5, 0.6) is 0 Å². The summed E-state index contributed by atoms with van der Waals surface area (Å²) in [6.07, 6.45) is 0. The molecule has 1 aromatic carbocycles. The van der Waals surface area contributed by atoms with Crippen LogP contribution < -0.4 is 0 Å². The highest BCUT2D eigenvalue weighted by atomic mass is 17.2. The summed E-state index contributed by atoms with van der Waals surface area (Å²) in [5.74, 6) is -0.692. The van der Waals surface area contributed by atoms with Crippen LogP contribution in [0.1, 0.15) is 10.4 Å². The van der Waals surface area contributed by atoms with E-state index >= 15 is 0 Å². The van der Waals surface area contributed by atoms with Crippen molar-refractivity contribution in [2.75, 3.05) is 0 Å². The van der Waals surface area contributed by atoms with Crippen LogP contribution in [0.25, 0.3) is 0 Å². The average molecular weight is 166 g/mol. The Morgan fingerprint density at radius 1 is 1.25 bits per heavy atom. The molecule has 4 heteroatoms. The van der Waals surface area contributed by atoms with Gasteiger partial charge in [0.1, 0.15) is 0 Å². The third-order valence-electron chi connectivity index (χ3n) is 1.17. The zero-order valence-corrected chi connectivity index (χ0v) is 6.10.